The number of benzene rings is 2. The molecule has 2 aromatic rings. The third-order valence-corrected chi connectivity index (χ3v) is 3.98. The van der Waals surface area contributed by atoms with Gasteiger partial charge in [0.15, 0.2) is 11.6 Å². The van der Waals surface area contributed by atoms with Crippen LogP contribution in [0, 0.1) is 5.82 Å². The lowest BCUT2D eigenvalue weighted by molar-refractivity contribution is 0.386. The summed E-state index contributed by atoms with van der Waals surface area (Å²) in [5, 5.41) is 0. The molecule has 2 nitrogen and oxygen atoms in total. The number of para-hydroxylation sites is 1. The summed E-state index contributed by atoms with van der Waals surface area (Å²) in [6.07, 6.45) is 0.718. The highest BCUT2D eigenvalue weighted by molar-refractivity contribution is 9.09. The number of ether oxygens (including phenoxy) is 2. The average molecular weight is 339 g/mol. The summed E-state index contributed by atoms with van der Waals surface area (Å²) in [6, 6.07) is 12.8. The second-order valence-corrected chi connectivity index (χ2v) is 5.48. The minimum Gasteiger partial charge on any atom is -0.496 e. The first-order chi connectivity index (χ1) is 9.65. The Morgan fingerprint density at radius 3 is 2.40 bits per heavy atom. The summed E-state index contributed by atoms with van der Waals surface area (Å²) in [6.45, 7) is 0. The van der Waals surface area contributed by atoms with E-state index in [2.05, 4.69) is 15.9 Å². The van der Waals surface area contributed by atoms with E-state index < -0.39 is 0 Å². The molecule has 1 atom stereocenters. The molecule has 0 saturated heterocycles. The molecule has 0 aliphatic rings. The maximum Gasteiger partial charge on any atom is 0.165 e. The smallest absolute Gasteiger partial charge is 0.165 e. The maximum atomic E-state index is 13.7. The van der Waals surface area contributed by atoms with E-state index in [0.717, 1.165) is 23.3 Å². The number of alkyl halides is 1. The van der Waals surface area contributed by atoms with Gasteiger partial charge in [0, 0.05) is 4.83 Å². The van der Waals surface area contributed by atoms with Gasteiger partial charge in [-0.15, -0.1) is 0 Å². The van der Waals surface area contributed by atoms with E-state index in [1.54, 1.807) is 13.2 Å². The fraction of sp³-hybridized carbons (Fsp3) is 0.250. The molecule has 0 bridgehead atoms. The summed E-state index contributed by atoms with van der Waals surface area (Å²) in [5.41, 5.74) is 1.95. The predicted molar refractivity (Wildman–Crippen MR) is 81.3 cm³/mol. The molecule has 106 valence electrons. The summed E-state index contributed by atoms with van der Waals surface area (Å²) in [5.74, 6) is 0.742. The van der Waals surface area contributed by atoms with Crippen molar-refractivity contribution in [2.24, 2.45) is 0 Å². The monoisotopic (exact) mass is 338 g/mol. The van der Waals surface area contributed by atoms with Crippen LogP contribution >= 0.6 is 15.9 Å². The maximum absolute atomic E-state index is 13.7. The van der Waals surface area contributed by atoms with Crippen LogP contribution in [0.25, 0.3) is 0 Å². The largest absolute Gasteiger partial charge is 0.496 e. The lowest BCUT2D eigenvalue weighted by Crippen LogP contribution is -1.99. The average Bonchev–Trinajstić information content (AvgIpc) is 2.47. The van der Waals surface area contributed by atoms with E-state index in [9.17, 15) is 4.39 Å². The Morgan fingerprint density at radius 2 is 1.75 bits per heavy atom. The molecule has 0 aliphatic heterocycles. The van der Waals surface area contributed by atoms with Gasteiger partial charge in [0.2, 0.25) is 0 Å². The Kier molecular flexibility index (Phi) is 5.01. The molecule has 4 heteroatoms. The van der Waals surface area contributed by atoms with E-state index in [1.807, 2.05) is 30.3 Å². The fourth-order valence-electron chi connectivity index (χ4n) is 2.06. The first kappa shape index (κ1) is 14.9. The van der Waals surface area contributed by atoms with E-state index in [0.29, 0.717) is 0 Å². The van der Waals surface area contributed by atoms with Crippen LogP contribution in [0.1, 0.15) is 16.0 Å². The van der Waals surface area contributed by atoms with Gasteiger partial charge in [-0.3, -0.25) is 0 Å². The predicted octanol–water partition coefficient (Wildman–Crippen LogP) is 4.52. The molecule has 20 heavy (non-hydrogen) atoms. The van der Waals surface area contributed by atoms with Crippen LogP contribution in [0.3, 0.4) is 0 Å². The van der Waals surface area contributed by atoms with Crippen molar-refractivity contribution in [2.45, 2.75) is 11.2 Å². The van der Waals surface area contributed by atoms with Crippen LogP contribution in [-0.4, -0.2) is 14.2 Å². The number of hydrogen-bond donors (Lipinski definition) is 0. The van der Waals surface area contributed by atoms with Gasteiger partial charge in [-0.25, -0.2) is 4.39 Å². The van der Waals surface area contributed by atoms with E-state index in [1.165, 1.54) is 13.2 Å². The van der Waals surface area contributed by atoms with Crippen molar-refractivity contribution in [2.75, 3.05) is 14.2 Å². The van der Waals surface area contributed by atoms with Crippen LogP contribution < -0.4 is 9.47 Å². The standard InChI is InChI=1S/C16H16BrFO2/c1-19-15-6-4-3-5-12(15)9-13(17)11-7-8-16(20-2)14(18)10-11/h3-8,10,13H,9H2,1-2H3. The van der Waals surface area contributed by atoms with Crippen LogP contribution in [0.15, 0.2) is 42.5 Å². The van der Waals surface area contributed by atoms with Gasteiger partial charge in [-0.05, 0) is 35.7 Å². The molecule has 2 rings (SSSR count). The van der Waals surface area contributed by atoms with E-state index >= 15 is 0 Å². The lowest BCUT2D eigenvalue weighted by atomic mass is 10.0. The SMILES string of the molecule is COc1ccc(C(Br)Cc2ccccc2OC)cc1F. The van der Waals surface area contributed by atoms with Gasteiger partial charge in [-0.1, -0.05) is 40.2 Å². The number of methoxy groups -OCH3 is 2. The summed E-state index contributed by atoms with van der Waals surface area (Å²) in [7, 11) is 3.10. The van der Waals surface area contributed by atoms with Crippen molar-refractivity contribution >= 4 is 15.9 Å². The van der Waals surface area contributed by atoms with Crippen molar-refractivity contribution in [3.05, 3.63) is 59.4 Å². The molecule has 0 amide bonds. The Bertz CT molecular complexity index is 586. The third kappa shape index (κ3) is 3.31. The molecule has 0 heterocycles. The van der Waals surface area contributed by atoms with Gasteiger partial charge >= 0.3 is 0 Å². The molecule has 0 fully saturated rings. The fourth-order valence-corrected chi connectivity index (χ4v) is 2.69. The summed E-state index contributed by atoms with van der Waals surface area (Å²) >= 11 is 3.60. The highest BCUT2D eigenvalue weighted by Crippen LogP contribution is 2.32. The zero-order chi connectivity index (χ0) is 14.5. The number of hydrogen-bond acceptors (Lipinski definition) is 2. The van der Waals surface area contributed by atoms with Crippen molar-refractivity contribution < 1.29 is 13.9 Å². The first-order valence-corrected chi connectivity index (χ1v) is 7.16. The second kappa shape index (κ2) is 6.75. The van der Waals surface area contributed by atoms with Gasteiger partial charge in [0.25, 0.3) is 0 Å². The Labute approximate surface area is 126 Å². The Hall–Kier alpha value is -1.55. The molecular weight excluding hydrogens is 323 g/mol. The van der Waals surface area contributed by atoms with Crippen molar-refractivity contribution in [3.8, 4) is 11.5 Å². The Balaban J connectivity index is 2.19. The zero-order valence-corrected chi connectivity index (χ0v) is 13.0. The van der Waals surface area contributed by atoms with Crippen molar-refractivity contribution in [1.29, 1.82) is 0 Å². The molecule has 1 unspecified atom stereocenters. The minimum atomic E-state index is -0.352. The van der Waals surface area contributed by atoms with Crippen molar-refractivity contribution in [3.63, 3.8) is 0 Å². The van der Waals surface area contributed by atoms with Gasteiger partial charge < -0.3 is 9.47 Å². The third-order valence-electron chi connectivity index (χ3n) is 3.13. The van der Waals surface area contributed by atoms with Crippen LogP contribution in [0.4, 0.5) is 4.39 Å². The molecule has 0 N–H and O–H groups in total. The zero-order valence-electron chi connectivity index (χ0n) is 11.4. The highest BCUT2D eigenvalue weighted by Gasteiger charge is 2.14. The molecule has 0 radical (unpaired) electrons. The van der Waals surface area contributed by atoms with Crippen molar-refractivity contribution in [1.82, 2.24) is 0 Å². The minimum absolute atomic E-state index is 0.0132. The van der Waals surface area contributed by atoms with Crippen LogP contribution in [0.5, 0.6) is 11.5 Å². The Morgan fingerprint density at radius 1 is 1.05 bits per heavy atom. The number of rotatable bonds is 5. The molecule has 2 aromatic carbocycles. The van der Waals surface area contributed by atoms with Gasteiger partial charge in [0.1, 0.15) is 5.75 Å². The summed E-state index contributed by atoms with van der Waals surface area (Å²) in [4.78, 5) is 0.0132. The molecule has 0 spiro atoms. The van der Waals surface area contributed by atoms with Crippen LogP contribution in [0.2, 0.25) is 0 Å². The topological polar surface area (TPSA) is 18.5 Å². The van der Waals surface area contributed by atoms with E-state index in [4.69, 9.17) is 9.47 Å². The molecule has 0 aliphatic carbocycles. The molecule has 0 aromatic heterocycles. The normalized spacial score (nSPS) is 12.0. The summed E-state index contributed by atoms with van der Waals surface area (Å²) < 4.78 is 24.0. The second-order valence-electron chi connectivity index (χ2n) is 4.38. The molecule has 0 saturated carbocycles. The van der Waals surface area contributed by atoms with Crippen LogP contribution in [-0.2, 0) is 6.42 Å². The first-order valence-electron chi connectivity index (χ1n) is 6.25. The highest BCUT2D eigenvalue weighted by atomic mass is 79.9. The quantitative estimate of drug-likeness (QED) is 0.746. The van der Waals surface area contributed by atoms with Gasteiger partial charge in [0.05, 0.1) is 14.2 Å². The van der Waals surface area contributed by atoms with E-state index in [-0.39, 0.29) is 16.4 Å². The molecular formula is C16H16BrFO2. The van der Waals surface area contributed by atoms with Gasteiger partial charge in [-0.2, -0.15) is 0 Å². The number of halogens is 2. The lowest BCUT2D eigenvalue weighted by Gasteiger charge is -2.14.